The molecule has 0 unspecified atom stereocenters. The second-order valence-corrected chi connectivity index (χ2v) is 4.60. The number of nitrogen functional groups attached to an aromatic ring is 1. The van der Waals surface area contributed by atoms with E-state index >= 15 is 0 Å². The van der Waals surface area contributed by atoms with E-state index in [0.717, 1.165) is 5.69 Å². The van der Waals surface area contributed by atoms with Gasteiger partial charge in [0.15, 0.2) is 0 Å². The van der Waals surface area contributed by atoms with Crippen LogP contribution in [0.3, 0.4) is 0 Å². The van der Waals surface area contributed by atoms with Crippen molar-refractivity contribution in [2.24, 2.45) is 0 Å². The molecule has 2 aromatic rings. The third-order valence-corrected chi connectivity index (χ3v) is 2.47. The molecule has 4 nitrogen and oxygen atoms in total. The molecule has 0 aliphatic carbocycles. The highest BCUT2D eigenvalue weighted by Gasteiger charge is 2.06. The molecule has 0 saturated heterocycles. The summed E-state index contributed by atoms with van der Waals surface area (Å²) in [5, 5.41) is 0. The van der Waals surface area contributed by atoms with Crippen molar-refractivity contribution in [2.75, 3.05) is 5.73 Å². The van der Waals surface area contributed by atoms with Crippen molar-refractivity contribution in [3.63, 3.8) is 0 Å². The van der Waals surface area contributed by atoms with Gasteiger partial charge in [0.1, 0.15) is 17.2 Å². The van der Waals surface area contributed by atoms with Gasteiger partial charge in [0.2, 0.25) is 0 Å². The molecule has 0 aliphatic rings. The maximum atomic E-state index is 5.86. The Morgan fingerprint density at radius 2 is 1.84 bits per heavy atom. The Kier molecular flexibility index (Phi) is 3.90. The van der Waals surface area contributed by atoms with Crippen LogP contribution in [0.4, 0.5) is 5.69 Å². The van der Waals surface area contributed by atoms with Gasteiger partial charge in [-0.1, -0.05) is 0 Å². The van der Waals surface area contributed by atoms with Crippen LogP contribution < -0.4 is 15.2 Å². The molecule has 0 saturated carbocycles. The van der Waals surface area contributed by atoms with Crippen molar-refractivity contribution in [2.45, 2.75) is 26.9 Å². The fraction of sp³-hybridized carbons (Fsp3) is 0.267. The summed E-state index contributed by atoms with van der Waals surface area (Å²) >= 11 is 0. The van der Waals surface area contributed by atoms with Gasteiger partial charge in [0.05, 0.1) is 18.0 Å². The average Bonchev–Trinajstić information content (AvgIpc) is 2.36. The largest absolute Gasteiger partial charge is 0.489 e. The van der Waals surface area contributed by atoms with Crippen LogP contribution in [0, 0.1) is 6.92 Å². The first kappa shape index (κ1) is 13.2. The van der Waals surface area contributed by atoms with Crippen LogP contribution in [0.1, 0.15) is 19.5 Å². The Morgan fingerprint density at radius 3 is 2.47 bits per heavy atom. The average molecular weight is 258 g/mol. The zero-order valence-corrected chi connectivity index (χ0v) is 11.4. The van der Waals surface area contributed by atoms with Crippen LogP contribution in [-0.4, -0.2) is 11.1 Å². The number of aromatic nitrogens is 1. The first-order valence-corrected chi connectivity index (χ1v) is 6.21. The smallest absolute Gasteiger partial charge is 0.146 e. The molecule has 4 heteroatoms. The summed E-state index contributed by atoms with van der Waals surface area (Å²) in [4.78, 5) is 4.18. The van der Waals surface area contributed by atoms with Gasteiger partial charge >= 0.3 is 0 Å². The molecule has 1 heterocycles. The number of nitrogens with zero attached hydrogens (tertiary/aromatic N) is 1. The highest BCUT2D eigenvalue weighted by atomic mass is 16.5. The van der Waals surface area contributed by atoms with Gasteiger partial charge in [-0.25, -0.2) is 0 Å². The second-order valence-electron chi connectivity index (χ2n) is 4.60. The van der Waals surface area contributed by atoms with Gasteiger partial charge in [-0.2, -0.15) is 0 Å². The second kappa shape index (κ2) is 5.61. The molecule has 100 valence electrons. The minimum Gasteiger partial charge on any atom is -0.489 e. The maximum absolute atomic E-state index is 5.86. The predicted octanol–water partition coefficient (Wildman–Crippen LogP) is 3.55. The van der Waals surface area contributed by atoms with Crippen LogP contribution in [0.2, 0.25) is 0 Å². The number of hydrogen-bond acceptors (Lipinski definition) is 4. The summed E-state index contributed by atoms with van der Waals surface area (Å²) in [6, 6.07) is 9.14. The van der Waals surface area contributed by atoms with Gasteiger partial charge in [0.25, 0.3) is 0 Å². The van der Waals surface area contributed by atoms with Crippen LogP contribution in [0.15, 0.2) is 36.5 Å². The van der Waals surface area contributed by atoms with E-state index in [0.29, 0.717) is 22.9 Å². The van der Waals surface area contributed by atoms with Crippen molar-refractivity contribution in [3.05, 3.63) is 42.2 Å². The summed E-state index contributed by atoms with van der Waals surface area (Å²) < 4.78 is 11.3. The van der Waals surface area contributed by atoms with Gasteiger partial charge < -0.3 is 15.2 Å². The maximum Gasteiger partial charge on any atom is 0.146 e. The number of hydrogen-bond donors (Lipinski definition) is 1. The van der Waals surface area contributed by atoms with Crippen LogP contribution in [0.25, 0.3) is 0 Å². The van der Waals surface area contributed by atoms with Crippen molar-refractivity contribution in [1.29, 1.82) is 0 Å². The monoisotopic (exact) mass is 258 g/mol. The number of anilines is 1. The Hall–Kier alpha value is -2.23. The van der Waals surface area contributed by atoms with E-state index in [2.05, 4.69) is 4.98 Å². The van der Waals surface area contributed by atoms with Gasteiger partial charge in [-0.05, 0) is 45.0 Å². The third-order valence-electron chi connectivity index (χ3n) is 2.47. The standard InChI is InChI=1S/C15H18N2O2/c1-10(2)18-15-8-12(6-7-14(15)16)19-13-5-4-11(3)17-9-13/h4-10H,16H2,1-3H3. The van der Waals surface area contributed by atoms with Crippen molar-refractivity contribution in [1.82, 2.24) is 4.98 Å². The SMILES string of the molecule is Cc1ccc(Oc2ccc(N)c(OC(C)C)c2)cn1. The first-order chi connectivity index (χ1) is 9.04. The first-order valence-electron chi connectivity index (χ1n) is 6.21. The molecule has 0 fully saturated rings. The number of benzene rings is 1. The summed E-state index contributed by atoms with van der Waals surface area (Å²) in [6.45, 7) is 5.84. The Morgan fingerprint density at radius 1 is 1.11 bits per heavy atom. The molecule has 0 amide bonds. The topological polar surface area (TPSA) is 57.4 Å². The van der Waals surface area contributed by atoms with E-state index in [9.17, 15) is 0 Å². The normalized spacial score (nSPS) is 10.5. The third kappa shape index (κ3) is 3.61. The number of pyridine rings is 1. The molecule has 1 aromatic carbocycles. The van der Waals surface area contributed by atoms with E-state index in [1.165, 1.54) is 0 Å². The number of rotatable bonds is 4. The molecule has 1 aromatic heterocycles. The van der Waals surface area contributed by atoms with E-state index in [1.807, 2.05) is 39.0 Å². The lowest BCUT2D eigenvalue weighted by Crippen LogP contribution is -2.07. The lowest BCUT2D eigenvalue weighted by atomic mass is 10.2. The van der Waals surface area contributed by atoms with E-state index in [1.54, 1.807) is 18.3 Å². The summed E-state index contributed by atoms with van der Waals surface area (Å²) in [7, 11) is 0. The van der Waals surface area contributed by atoms with Crippen molar-refractivity contribution >= 4 is 5.69 Å². The van der Waals surface area contributed by atoms with Crippen LogP contribution >= 0.6 is 0 Å². The van der Waals surface area contributed by atoms with Gasteiger partial charge in [-0.3, -0.25) is 4.98 Å². The Labute approximate surface area is 113 Å². The number of nitrogens with two attached hydrogens (primary N) is 1. The zero-order valence-electron chi connectivity index (χ0n) is 11.4. The molecule has 2 rings (SSSR count). The van der Waals surface area contributed by atoms with E-state index in [4.69, 9.17) is 15.2 Å². The lowest BCUT2D eigenvalue weighted by molar-refractivity contribution is 0.243. The summed E-state index contributed by atoms with van der Waals surface area (Å²) in [5.41, 5.74) is 7.41. The number of aryl methyl sites for hydroxylation is 1. The molecule has 0 bridgehead atoms. The lowest BCUT2D eigenvalue weighted by Gasteiger charge is -2.13. The van der Waals surface area contributed by atoms with E-state index in [-0.39, 0.29) is 6.10 Å². The van der Waals surface area contributed by atoms with Crippen molar-refractivity contribution < 1.29 is 9.47 Å². The highest BCUT2D eigenvalue weighted by molar-refractivity contribution is 5.56. The molecule has 0 radical (unpaired) electrons. The Balaban J connectivity index is 2.18. The molecule has 19 heavy (non-hydrogen) atoms. The molecule has 0 spiro atoms. The Bertz CT molecular complexity index is 551. The minimum absolute atomic E-state index is 0.0681. The molecular weight excluding hydrogens is 240 g/mol. The zero-order chi connectivity index (χ0) is 13.8. The fourth-order valence-electron chi connectivity index (χ4n) is 1.58. The van der Waals surface area contributed by atoms with Crippen LogP contribution in [-0.2, 0) is 0 Å². The number of ether oxygens (including phenoxy) is 2. The highest BCUT2D eigenvalue weighted by Crippen LogP contribution is 2.30. The summed E-state index contributed by atoms with van der Waals surface area (Å²) in [6.07, 6.45) is 1.76. The molecular formula is C15H18N2O2. The quantitative estimate of drug-likeness (QED) is 0.852. The van der Waals surface area contributed by atoms with Gasteiger partial charge in [-0.15, -0.1) is 0 Å². The minimum atomic E-state index is 0.0681. The van der Waals surface area contributed by atoms with E-state index < -0.39 is 0 Å². The molecule has 2 N–H and O–H groups in total. The molecule has 0 aliphatic heterocycles. The fourth-order valence-corrected chi connectivity index (χ4v) is 1.58. The molecule has 0 atom stereocenters. The van der Waals surface area contributed by atoms with Gasteiger partial charge in [0, 0.05) is 11.8 Å². The van der Waals surface area contributed by atoms with Crippen molar-refractivity contribution in [3.8, 4) is 17.2 Å². The summed E-state index contributed by atoms with van der Waals surface area (Å²) in [5.74, 6) is 1.99. The predicted molar refractivity (Wildman–Crippen MR) is 75.7 cm³/mol. The van der Waals surface area contributed by atoms with Crippen LogP contribution in [0.5, 0.6) is 17.2 Å².